The van der Waals surface area contributed by atoms with E-state index >= 15 is 0 Å². The van der Waals surface area contributed by atoms with Crippen molar-refractivity contribution in [3.63, 3.8) is 0 Å². The van der Waals surface area contributed by atoms with Crippen LogP contribution in [0.1, 0.15) is 25.8 Å². The first-order valence-corrected chi connectivity index (χ1v) is 5.48. The van der Waals surface area contributed by atoms with Crippen molar-refractivity contribution in [2.45, 2.75) is 20.3 Å². The van der Waals surface area contributed by atoms with E-state index < -0.39 is 5.97 Å². The SMILES string of the molecule is COc1ccc(/C=C/C(C)(C)CC(=O)O)cc1. The maximum atomic E-state index is 10.7. The third-order valence-electron chi connectivity index (χ3n) is 2.45. The van der Waals surface area contributed by atoms with Crippen LogP contribution < -0.4 is 4.74 Å². The molecule has 0 aliphatic carbocycles. The molecule has 0 unspecified atom stereocenters. The number of carbonyl (C=O) groups is 1. The number of carboxylic acid groups (broad SMARTS) is 1. The monoisotopic (exact) mass is 234 g/mol. The van der Waals surface area contributed by atoms with Crippen LogP contribution in [0.15, 0.2) is 30.3 Å². The molecule has 92 valence electrons. The molecule has 0 saturated carbocycles. The first-order chi connectivity index (χ1) is 7.93. The second-order valence-corrected chi connectivity index (χ2v) is 4.67. The molecule has 3 nitrogen and oxygen atoms in total. The number of hydrogen-bond donors (Lipinski definition) is 1. The van der Waals surface area contributed by atoms with Gasteiger partial charge >= 0.3 is 5.97 Å². The summed E-state index contributed by atoms with van der Waals surface area (Å²) in [7, 11) is 1.63. The number of hydrogen-bond acceptors (Lipinski definition) is 2. The predicted octanol–water partition coefficient (Wildman–Crippen LogP) is 3.21. The van der Waals surface area contributed by atoms with Gasteiger partial charge in [-0.25, -0.2) is 0 Å². The molecule has 3 heteroatoms. The zero-order valence-electron chi connectivity index (χ0n) is 10.4. The lowest BCUT2D eigenvalue weighted by Crippen LogP contribution is -2.13. The molecule has 0 saturated heterocycles. The summed E-state index contributed by atoms with van der Waals surface area (Å²) in [4.78, 5) is 10.7. The van der Waals surface area contributed by atoms with Gasteiger partial charge < -0.3 is 9.84 Å². The van der Waals surface area contributed by atoms with Crippen molar-refractivity contribution in [1.82, 2.24) is 0 Å². The van der Waals surface area contributed by atoms with E-state index in [0.717, 1.165) is 11.3 Å². The van der Waals surface area contributed by atoms with Crippen LogP contribution >= 0.6 is 0 Å². The van der Waals surface area contributed by atoms with Gasteiger partial charge in [-0.2, -0.15) is 0 Å². The van der Waals surface area contributed by atoms with Crippen molar-refractivity contribution in [2.75, 3.05) is 7.11 Å². The minimum absolute atomic E-state index is 0.125. The van der Waals surface area contributed by atoms with Crippen LogP contribution in [0.4, 0.5) is 0 Å². The summed E-state index contributed by atoms with van der Waals surface area (Å²) >= 11 is 0. The van der Waals surface area contributed by atoms with Crippen molar-refractivity contribution in [3.05, 3.63) is 35.9 Å². The van der Waals surface area contributed by atoms with Crippen LogP contribution in [0.5, 0.6) is 5.75 Å². The summed E-state index contributed by atoms with van der Waals surface area (Å²) in [5.41, 5.74) is 0.690. The number of methoxy groups -OCH3 is 1. The van der Waals surface area contributed by atoms with Crippen molar-refractivity contribution in [2.24, 2.45) is 5.41 Å². The molecule has 0 aromatic heterocycles. The Hall–Kier alpha value is -1.77. The Labute approximate surface area is 102 Å². The smallest absolute Gasteiger partial charge is 0.304 e. The molecule has 0 aliphatic rings. The second-order valence-electron chi connectivity index (χ2n) is 4.67. The fourth-order valence-corrected chi connectivity index (χ4v) is 1.49. The highest BCUT2D eigenvalue weighted by atomic mass is 16.5. The van der Waals surface area contributed by atoms with Crippen LogP contribution in [0, 0.1) is 5.41 Å². The number of carboxylic acids is 1. The van der Waals surface area contributed by atoms with Crippen LogP contribution in [-0.2, 0) is 4.79 Å². The van der Waals surface area contributed by atoms with E-state index in [4.69, 9.17) is 9.84 Å². The lowest BCUT2D eigenvalue weighted by Gasteiger charge is -2.16. The Kier molecular flexibility index (Phi) is 4.32. The van der Waals surface area contributed by atoms with E-state index in [2.05, 4.69) is 0 Å². The Morgan fingerprint density at radius 2 is 1.94 bits per heavy atom. The zero-order chi connectivity index (χ0) is 12.9. The van der Waals surface area contributed by atoms with E-state index in [1.54, 1.807) is 7.11 Å². The summed E-state index contributed by atoms with van der Waals surface area (Å²) in [5, 5.41) is 8.76. The number of ether oxygens (including phenoxy) is 1. The first kappa shape index (κ1) is 13.3. The number of aliphatic carboxylic acids is 1. The van der Waals surface area contributed by atoms with Gasteiger partial charge in [-0.15, -0.1) is 0 Å². The molecule has 1 aromatic carbocycles. The van der Waals surface area contributed by atoms with Crippen LogP contribution in [0.2, 0.25) is 0 Å². The molecule has 0 amide bonds. The van der Waals surface area contributed by atoms with Crippen molar-refractivity contribution in [1.29, 1.82) is 0 Å². The maximum Gasteiger partial charge on any atom is 0.304 e. The van der Waals surface area contributed by atoms with Crippen molar-refractivity contribution >= 4 is 12.0 Å². The van der Waals surface area contributed by atoms with E-state index in [1.165, 1.54) is 0 Å². The Balaban J connectivity index is 2.72. The van der Waals surface area contributed by atoms with Gasteiger partial charge in [0.05, 0.1) is 13.5 Å². The molecule has 0 radical (unpaired) electrons. The van der Waals surface area contributed by atoms with Crippen molar-refractivity contribution in [3.8, 4) is 5.75 Å². The molecule has 1 N–H and O–H groups in total. The first-order valence-electron chi connectivity index (χ1n) is 5.48. The van der Waals surface area contributed by atoms with E-state index in [1.807, 2.05) is 50.3 Å². The number of allylic oxidation sites excluding steroid dienone is 1. The molecule has 0 fully saturated rings. The van der Waals surface area contributed by atoms with Gasteiger partial charge in [0.1, 0.15) is 5.75 Å². The fraction of sp³-hybridized carbons (Fsp3) is 0.357. The maximum absolute atomic E-state index is 10.7. The minimum atomic E-state index is -0.783. The molecule has 0 atom stereocenters. The zero-order valence-corrected chi connectivity index (χ0v) is 10.4. The lowest BCUT2D eigenvalue weighted by atomic mass is 9.88. The van der Waals surface area contributed by atoms with Crippen molar-refractivity contribution < 1.29 is 14.6 Å². The molecular formula is C14H18O3. The van der Waals surface area contributed by atoms with Gasteiger partial charge in [0.15, 0.2) is 0 Å². The average Bonchev–Trinajstić information content (AvgIpc) is 2.25. The van der Waals surface area contributed by atoms with Gasteiger partial charge in [0, 0.05) is 0 Å². The summed E-state index contributed by atoms with van der Waals surface area (Å²) < 4.78 is 5.07. The number of rotatable bonds is 5. The summed E-state index contributed by atoms with van der Waals surface area (Å²) in [6.45, 7) is 3.81. The van der Waals surface area contributed by atoms with Crippen LogP contribution in [0.3, 0.4) is 0 Å². The van der Waals surface area contributed by atoms with Gasteiger partial charge in [-0.05, 0) is 23.1 Å². The van der Waals surface area contributed by atoms with Crippen LogP contribution in [0.25, 0.3) is 6.08 Å². The molecular weight excluding hydrogens is 216 g/mol. The third kappa shape index (κ3) is 4.72. The average molecular weight is 234 g/mol. The van der Waals surface area contributed by atoms with E-state index in [0.29, 0.717) is 0 Å². The van der Waals surface area contributed by atoms with Gasteiger partial charge in [-0.3, -0.25) is 4.79 Å². The van der Waals surface area contributed by atoms with Crippen LogP contribution in [-0.4, -0.2) is 18.2 Å². The van der Waals surface area contributed by atoms with E-state index in [-0.39, 0.29) is 11.8 Å². The highest BCUT2D eigenvalue weighted by Crippen LogP contribution is 2.23. The summed E-state index contributed by atoms with van der Waals surface area (Å²) in [6.07, 6.45) is 3.98. The molecule has 1 aromatic rings. The van der Waals surface area contributed by atoms with E-state index in [9.17, 15) is 4.79 Å². The second kappa shape index (κ2) is 5.53. The summed E-state index contributed by atoms with van der Waals surface area (Å²) in [6, 6.07) is 7.63. The highest BCUT2D eigenvalue weighted by molar-refractivity contribution is 5.68. The Bertz CT molecular complexity index is 402. The van der Waals surface area contributed by atoms with Gasteiger partial charge in [0.2, 0.25) is 0 Å². The minimum Gasteiger partial charge on any atom is -0.497 e. The molecule has 0 spiro atoms. The van der Waals surface area contributed by atoms with Gasteiger partial charge in [-0.1, -0.05) is 38.1 Å². The highest BCUT2D eigenvalue weighted by Gasteiger charge is 2.17. The molecule has 0 bridgehead atoms. The topological polar surface area (TPSA) is 46.5 Å². The molecule has 0 aliphatic heterocycles. The molecule has 17 heavy (non-hydrogen) atoms. The summed E-state index contributed by atoms with van der Waals surface area (Å²) in [5.74, 6) is 0.0290. The normalized spacial score (nSPS) is 11.7. The largest absolute Gasteiger partial charge is 0.497 e. The number of benzene rings is 1. The molecule has 1 rings (SSSR count). The standard InChI is InChI=1S/C14H18O3/c1-14(2,10-13(15)16)9-8-11-4-6-12(17-3)7-5-11/h4-9H,10H2,1-3H3,(H,15,16)/b9-8+. The lowest BCUT2D eigenvalue weighted by molar-refractivity contribution is -0.138. The fourth-order valence-electron chi connectivity index (χ4n) is 1.49. The molecule has 0 heterocycles. The quantitative estimate of drug-likeness (QED) is 0.851. The predicted molar refractivity (Wildman–Crippen MR) is 68.1 cm³/mol. The Morgan fingerprint density at radius 1 is 1.35 bits per heavy atom. The Morgan fingerprint density at radius 3 is 2.41 bits per heavy atom. The third-order valence-corrected chi connectivity index (χ3v) is 2.45. The van der Waals surface area contributed by atoms with Gasteiger partial charge in [0.25, 0.3) is 0 Å².